The molecule has 0 aliphatic heterocycles. The zero-order chi connectivity index (χ0) is 16.6. The maximum absolute atomic E-state index is 12.1. The molecule has 0 unspecified atom stereocenters. The van der Waals surface area contributed by atoms with E-state index in [2.05, 4.69) is 24.1 Å². The van der Waals surface area contributed by atoms with Crippen molar-refractivity contribution in [3.05, 3.63) is 29.8 Å². The first-order valence-corrected chi connectivity index (χ1v) is 9.32. The minimum absolute atomic E-state index is 0.00550. The summed E-state index contributed by atoms with van der Waals surface area (Å²) in [4.78, 5) is 14.2. The summed E-state index contributed by atoms with van der Waals surface area (Å²) < 4.78 is 24.3. The number of aryl methyl sites for hydroxylation is 1. The predicted molar refractivity (Wildman–Crippen MR) is 88.6 cm³/mol. The van der Waals surface area contributed by atoms with E-state index < -0.39 is 9.84 Å². The van der Waals surface area contributed by atoms with Crippen LogP contribution >= 0.6 is 0 Å². The normalized spacial score (nSPS) is 11.6. The number of hydrogen-bond acceptors (Lipinski definition) is 4. The van der Waals surface area contributed by atoms with Gasteiger partial charge in [0.1, 0.15) is 0 Å². The predicted octanol–water partition coefficient (Wildman–Crippen LogP) is 1.62. The Morgan fingerprint density at radius 1 is 1.14 bits per heavy atom. The quantitative estimate of drug-likeness (QED) is 0.749. The van der Waals surface area contributed by atoms with Gasteiger partial charge in [0, 0.05) is 19.5 Å². The lowest BCUT2D eigenvalue weighted by Crippen LogP contribution is -2.35. The van der Waals surface area contributed by atoms with Crippen LogP contribution in [0.2, 0.25) is 0 Å². The molecule has 6 heteroatoms. The van der Waals surface area contributed by atoms with Crippen molar-refractivity contribution >= 4 is 15.7 Å². The highest BCUT2D eigenvalue weighted by molar-refractivity contribution is 7.91. The van der Waals surface area contributed by atoms with Crippen molar-refractivity contribution in [1.29, 1.82) is 0 Å². The first kappa shape index (κ1) is 18.6. The fraction of sp³-hybridized carbons (Fsp3) is 0.562. The van der Waals surface area contributed by atoms with Gasteiger partial charge in [-0.05, 0) is 32.1 Å². The molecular formula is C16H26N2O3S. The highest BCUT2D eigenvalue weighted by Gasteiger charge is 2.16. The number of amides is 1. The van der Waals surface area contributed by atoms with E-state index in [9.17, 15) is 13.2 Å². The van der Waals surface area contributed by atoms with Crippen molar-refractivity contribution in [2.45, 2.75) is 32.1 Å². The molecule has 0 radical (unpaired) electrons. The van der Waals surface area contributed by atoms with Crippen LogP contribution in [0.4, 0.5) is 0 Å². The van der Waals surface area contributed by atoms with Crippen LogP contribution in [-0.2, 0) is 14.6 Å². The molecule has 124 valence electrons. The molecule has 0 fully saturated rings. The van der Waals surface area contributed by atoms with Gasteiger partial charge >= 0.3 is 0 Å². The maximum atomic E-state index is 12.1. The van der Waals surface area contributed by atoms with E-state index in [4.69, 9.17) is 0 Å². The molecule has 1 aromatic rings. The fourth-order valence-electron chi connectivity index (χ4n) is 2.07. The van der Waals surface area contributed by atoms with Crippen LogP contribution in [0.3, 0.4) is 0 Å². The van der Waals surface area contributed by atoms with Gasteiger partial charge in [-0.1, -0.05) is 31.5 Å². The first-order chi connectivity index (χ1) is 10.4. The van der Waals surface area contributed by atoms with E-state index in [1.165, 1.54) is 0 Å². The van der Waals surface area contributed by atoms with Gasteiger partial charge in [0.05, 0.1) is 10.6 Å². The molecule has 0 aliphatic carbocycles. The Hall–Kier alpha value is -1.40. The van der Waals surface area contributed by atoms with E-state index in [1.54, 1.807) is 24.3 Å². The number of nitrogens with zero attached hydrogens (tertiary/aromatic N) is 1. The zero-order valence-electron chi connectivity index (χ0n) is 13.6. The Balaban J connectivity index is 2.41. The third-order valence-electron chi connectivity index (χ3n) is 3.62. The average molecular weight is 326 g/mol. The van der Waals surface area contributed by atoms with E-state index >= 15 is 0 Å². The molecule has 0 heterocycles. The second-order valence-electron chi connectivity index (χ2n) is 5.26. The molecule has 0 spiro atoms. The Bertz CT molecular complexity index is 564. The van der Waals surface area contributed by atoms with Gasteiger partial charge in [0.15, 0.2) is 9.84 Å². The largest absolute Gasteiger partial charge is 0.355 e. The van der Waals surface area contributed by atoms with Crippen LogP contribution in [0.15, 0.2) is 29.2 Å². The lowest BCUT2D eigenvalue weighted by Gasteiger charge is -2.17. The number of hydrogen-bond donors (Lipinski definition) is 1. The minimum atomic E-state index is -3.39. The topological polar surface area (TPSA) is 66.5 Å². The van der Waals surface area contributed by atoms with Crippen LogP contribution in [0.1, 0.15) is 25.8 Å². The Labute approximate surface area is 133 Å². The highest BCUT2D eigenvalue weighted by atomic mass is 32.2. The molecule has 0 aromatic heterocycles. The summed E-state index contributed by atoms with van der Waals surface area (Å²) in [7, 11) is -3.39. The standard InChI is InChI=1S/C16H26N2O3S/c1-4-18(5-2)12-11-17-16(19)10-13-22(20,21)15-8-6-14(3)7-9-15/h6-9H,4-5,10-13H2,1-3H3,(H,17,19). The highest BCUT2D eigenvalue weighted by Crippen LogP contribution is 2.12. The van der Waals surface area contributed by atoms with Crippen LogP contribution in [0.5, 0.6) is 0 Å². The first-order valence-electron chi connectivity index (χ1n) is 7.67. The molecule has 1 amide bonds. The van der Waals surface area contributed by atoms with Crippen molar-refractivity contribution in [3.63, 3.8) is 0 Å². The van der Waals surface area contributed by atoms with E-state index in [-0.39, 0.29) is 23.0 Å². The monoisotopic (exact) mass is 326 g/mol. The molecule has 5 nitrogen and oxygen atoms in total. The smallest absolute Gasteiger partial charge is 0.221 e. The Morgan fingerprint density at radius 3 is 2.27 bits per heavy atom. The second kappa shape index (κ2) is 8.90. The minimum Gasteiger partial charge on any atom is -0.355 e. The summed E-state index contributed by atoms with van der Waals surface area (Å²) in [5, 5.41) is 2.77. The molecule has 0 saturated carbocycles. The molecule has 22 heavy (non-hydrogen) atoms. The van der Waals surface area contributed by atoms with Crippen LogP contribution in [-0.4, -0.2) is 51.2 Å². The lowest BCUT2D eigenvalue weighted by molar-refractivity contribution is -0.120. The fourth-order valence-corrected chi connectivity index (χ4v) is 3.31. The maximum Gasteiger partial charge on any atom is 0.221 e. The van der Waals surface area contributed by atoms with E-state index in [1.807, 2.05) is 6.92 Å². The number of nitrogens with one attached hydrogen (secondary N) is 1. The Morgan fingerprint density at radius 2 is 1.73 bits per heavy atom. The molecule has 0 aliphatic rings. The summed E-state index contributed by atoms with van der Waals surface area (Å²) in [5.41, 5.74) is 1.01. The molecular weight excluding hydrogens is 300 g/mol. The second-order valence-corrected chi connectivity index (χ2v) is 7.37. The van der Waals surface area contributed by atoms with Gasteiger partial charge in [0.2, 0.25) is 5.91 Å². The van der Waals surface area contributed by atoms with Gasteiger partial charge in [-0.25, -0.2) is 8.42 Å². The van der Waals surface area contributed by atoms with Gasteiger partial charge in [-0.2, -0.15) is 0 Å². The van der Waals surface area contributed by atoms with Crippen LogP contribution < -0.4 is 5.32 Å². The summed E-state index contributed by atoms with van der Waals surface area (Å²) in [5.74, 6) is -0.379. The van der Waals surface area contributed by atoms with Gasteiger partial charge in [-0.3, -0.25) is 4.79 Å². The third kappa shape index (κ3) is 6.15. The number of sulfone groups is 1. The SMILES string of the molecule is CCN(CC)CCNC(=O)CCS(=O)(=O)c1ccc(C)cc1. The number of carbonyl (C=O) groups excluding carboxylic acids is 1. The van der Waals surface area contributed by atoms with E-state index in [0.29, 0.717) is 6.54 Å². The molecule has 1 N–H and O–H groups in total. The van der Waals surface area contributed by atoms with Crippen molar-refractivity contribution in [1.82, 2.24) is 10.2 Å². The Kier molecular flexibility index (Phi) is 7.55. The van der Waals surface area contributed by atoms with Gasteiger partial charge in [0.25, 0.3) is 0 Å². The van der Waals surface area contributed by atoms with Gasteiger partial charge < -0.3 is 10.2 Å². The van der Waals surface area contributed by atoms with Crippen molar-refractivity contribution in [2.75, 3.05) is 31.9 Å². The summed E-state index contributed by atoms with van der Waals surface area (Å²) in [6.45, 7) is 9.25. The molecule has 0 bridgehead atoms. The van der Waals surface area contributed by atoms with Crippen LogP contribution in [0.25, 0.3) is 0 Å². The third-order valence-corrected chi connectivity index (χ3v) is 5.35. The molecule has 1 rings (SSSR count). The number of carbonyl (C=O) groups is 1. The van der Waals surface area contributed by atoms with Crippen LogP contribution in [0, 0.1) is 6.92 Å². The summed E-state index contributed by atoms with van der Waals surface area (Å²) in [6.07, 6.45) is -0.00550. The molecule has 0 saturated heterocycles. The number of benzene rings is 1. The zero-order valence-corrected chi connectivity index (χ0v) is 14.4. The van der Waals surface area contributed by atoms with Crippen molar-refractivity contribution < 1.29 is 13.2 Å². The number of rotatable bonds is 9. The summed E-state index contributed by atoms with van der Waals surface area (Å²) >= 11 is 0. The van der Waals surface area contributed by atoms with Crippen molar-refractivity contribution in [2.24, 2.45) is 0 Å². The summed E-state index contributed by atoms with van der Waals surface area (Å²) in [6, 6.07) is 6.69. The van der Waals surface area contributed by atoms with Crippen molar-refractivity contribution in [3.8, 4) is 0 Å². The molecule has 1 aromatic carbocycles. The number of likely N-dealkylation sites (N-methyl/N-ethyl adjacent to an activating group) is 1. The lowest BCUT2D eigenvalue weighted by atomic mass is 10.2. The van der Waals surface area contributed by atoms with Gasteiger partial charge in [-0.15, -0.1) is 0 Å². The molecule has 0 atom stereocenters. The van der Waals surface area contributed by atoms with E-state index in [0.717, 1.165) is 25.2 Å². The average Bonchev–Trinajstić information content (AvgIpc) is 2.50.